The minimum absolute atomic E-state index is 0.233. The van der Waals surface area contributed by atoms with Crippen LogP contribution in [0.15, 0.2) is 18.2 Å². The maximum absolute atomic E-state index is 9.93. The van der Waals surface area contributed by atoms with E-state index >= 15 is 0 Å². The number of hydrogen-bond donors (Lipinski definition) is 1. The van der Waals surface area contributed by atoms with Gasteiger partial charge in [0.25, 0.3) is 0 Å². The highest BCUT2D eigenvalue weighted by Crippen LogP contribution is 2.39. The molecule has 0 bridgehead atoms. The molecule has 0 aliphatic heterocycles. The van der Waals surface area contributed by atoms with E-state index < -0.39 is 0 Å². The average Bonchev–Trinajstić information content (AvgIpc) is 2.39. The summed E-state index contributed by atoms with van der Waals surface area (Å²) in [5.74, 6) is 0.759. The van der Waals surface area contributed by atoms with E-state index in [1.165, 1.54) is 11.1 Å². The van der Waals surface area contributed by atoms with E-state index in [1.54, 1.807) is 0 Å². The summed E-state index contributed by atoms with van der Waals surface area (Å²) < 4.78 is 0. The Morgan fingerprint density at radius 2 is 2.14 bits per heavy atom. The van der Waals surface area contributed by atoms with Gasteiger partial charge in [0.15, 0.2) is 0 Å². The van der Waals surface area contributed by atoms with Crippen molar-refractivity contribution in [3.8, 4) is 0 Å². The summed E-state index contributed by atoms with van der Waals surface area (Å²) in [6.07, 6.45) is 0.516. The fourth-order valence-electron chi connectivity index (χ4n) is 2.44. The summed E-state index contributed by atoms with van der Waals surface area (Å²) in [6.45, 7) is 4.30. The second-order valence-corrected chi connectivity index (χ2v) is 4.82. The van der Waals surface area contributed by atoms with Gasteiger partial charge >= 0.3 is 0 Å². The summed E-state index contributed by atoms with van der Waals surface area (Å²) in [4.78, 5) is 0. The van der Waals surface area contributed by atoms with Crippen molar-refractivity contribution in [1.29, 1.82) is 0 Å². The minimum atomic E-state index is -0.233. The summed E-state index contributed by atoms with van der Waals surface area (Å²) >= 11 is 5.92. The van der Waals surface area contributed by atoms with Gasteiger partial charge in [-0.3, -0.25) is 0 Å². The van der Waals surface area contributed by atoms with Crippen LogP contribution in [0, 0.1) is 5.92 Å². The Hall–Kier alpha value is -0.530. The molecule has 0 aromatic heterocycles. The summed E-state index contributed by atoms with van der Waals surface area (Å²) in [5.41, 5.74) is 2.49. The molecule has 0 radical (unpaired) electrons. The first-order chi connectivity index (χ1) is 6.59. The van der Waals surface area contributed by atoms with E-state index in [9.17, 15) is 5.11 Å². The Bertz CT molecular complexity index is 346. The lowest BCUT2D eigenvalue weighted by molar-refractivity contribution is 0.136. The van der Waals surface area contributed by atoms with E-state index in [-0.39, 0.29) is 12.0 Å². The molecular formula is C12H15ClO. The maximum atomic E-state index is 9.93. The van der Waals surface area contributed by atoms with Gasteiger partial charge in [0.2, 0.25) is 0 Å². The molecule has 0 fully saturated rings. The molecule has 0 saturated heterocycles. The van der Waals surface area contributed by atoms with Crippen LogP contribution in [0.1, 0.15) is 30.9 Å². The van der Waals surface area contributed by atoms with Gasteiger partial charge in [0.05, 0.1) is 6.10 Å². The first kappa shape index (κ1) is 10.0. The van der Waals surface area contributed by atoms with Gasteiger partial charge in [-0.15, -0.1) is 0 Å². The van der Waals surface area contributed by atoms with Gasteiger partial charge in [-0.25, -0.2) is 0 Å². The standard InChI is InChI=1S/C12H15ClO/c1-7(2)12-10-4-3-9(13)5-8(10)6-11(12)14/h3-5,7,11-12,14H,6H2,1-2H3/t11-,12-/m0/s1. The van der Waals surface area contributed by atoms with Gasteiger partial charge in [0, 0.05) is 10.9 Å². The van der Waals surface area contributed by atoms with Gasteiger partial charge in [-0.2, -0.15) is 0 Å². The highest BCUT2D eigenvalue weighted by molar-refractivity contribution is 6.30. The van der Waals surface area contributed by atoms with E-state index in [4.69, 9.17) is 11.6 Å². The largest absolute Gasteiger partial charge is 0.392 e. The zero-order valence-electron chi connectivity index (χ0n) is 8.50. The summed E-state index contributed by atoms with van der Waals surface area (Å²) in [7, 11) is 0. The van der Waals surface area contributed by atoms with Gasteiger partial charge < -0.3 is 5.11 Å². The fraction of sp³-hybridized carbons (Fsp3) is 0.500. The Morgan fingerprint density at radius 3 is 2.79 bits per heavy atom. The van der Waals surface area contributed by atoms with Crippen LogP contribution in [-0.4, -0.2) is 11.2 Å². The minimum Gasteiger partial charge on any atom is -0.392 e. The third-order valence-electron chi connectivity index (χ3n) is 3.03. The molecule has 2 rings (SSSR count). The number of benzene rings is 1. The van der Waals surface area contributed by atoms with E-state index in [0.29, 0.717) is 5.92 Å². The smallest absolute Gasteiger partial charge is 0.0651 e. The second kappa shape index (κ2) is 3.56. The Kier molecular flexibility index (Phi) is 2.54. The van der Waals surface area contributed by atoms with Crippen LogP contribution >= 0.6 is 11.6 Å². The van der Waals surface area contributed by atoms with Crippen molar-refractivity contribution in [2.24, 2.45) is 5.92 Å². The average molecular weight is 211 g/mol. The summed E-state index contributed by atoms with van der Waals surface area (Å²) in [6, 6.07) is 5.94. The molecule has 0 amide bonds. The number of fused-ring (bicyclic) bond motifs is 1. The predicted octanol–water partition coefficient (Wildman–Crippen LogP) is 3.00. The number of rotatable bonds is 1. The van der Waals surface area contributed by atoms with Crippen LogP contribution in [-0.2, 0) is 6.42 Å². The molecule has 1 N–H and O–H groups in total. The van der Waals surface area contributed by atoms with Crippen molar-refractivity contribution in [2.75, 3.05) is 0 Å². The molecule has 0 saturated carbocycles. The first-order valence-corrected chi connectivity index (χ1v) is 5.44. The van der Waals surface area contributed by atoms with Crippen LogP contribution in [0.3, 0.4) is 0 Å². The van der Waals surface area contributed by atoms with Crippen molar-refractivity contribution in [3.63, 3.8) is 0 Å². The third-order valence-corrected chi connectivity index (χ3v) is 3.26. The molecule has 1 nitrogen and oxygen atoms in total. The quantitative estimate of drug-likeness (QED) is 0.756. The van der Waals surface area contributed by atoms with Crippen LogP contribution < -0.4 is 0 Å². The van der Waals surface area contributed by atoms with Crippen molar-refractivity contribution < 1.29 is 5.11 Å². The highest BCUT2D eigenvalue weighted by atomic mass is 35.5. The molecular weight excluding hydrogens is 196 g/mol. The molecule has 1 aliphatic rings. The predicted molar refractivity (Wildman–Crippen MR) is 58.7 cm³/mol. The van der Waals surface area contributed by atoms with Gasteiger partial charge in [0.1, 0.15) is 0 Å². The zero-order chi connectivity index (χ0) is 10.3. The van der Waals surface area contributed by atoms with Crippen molar-refractivity contribution in [3.05, 3.63) is 34.3 Å². The SMILES string of the molecule is CC(C)[C@H]1c2ccc(Cl)cc2C[C@@H]1O. The second-order valence-electron chi connectivity index (χ2n) is 4.38. The number of hydrogen-bond acceptors (Lipinski definition) is 1. The lowest BCUT2D eigenvalue weighted by Crippen LogP contribution is -2.18. The summed E-state index contributed by atoms with van der Waals surface area (Å²) in [5, 5.41) is 10.7. The normalized spacial score (nSPS) is 25.5. The molecule has 76 valence electrons. The van der Waals surface area contributed by atoms with E-state index in [1.807, 2.05) is 12.1 Å². The Balaban J connectivity index is 2.42. The highest BCUT2D eigenvalue weighted by Gasteiger charge is 2.32. The van der Waals surface area contributed by atoms with Crippen LogP contribution in [0.5, 0.6) is 0 Å². The lowest BCUT2D eigenvalue weighted by Gasteiger charge is -2.19. The van der Waals surface area contributed by atoms with Crippen molar-refractivity contribution in [2.45, 2.75) is 32.3 Å². The number of aliphatic hydroxyl groups excluding tert-OH is 1. The Labute approximate surface area is 89.7 Å². The maximum Gasteiger partial charge on any atom is 0.0651 e. The van der Waals surface area contributed by atoms with E-state index in [2.05, 4.69) is 19.9 Å². The van der Waals surface area contributed by atoms with Crippen molar-refractivity contribution >= 4 is 11.6 Å². The molecule has 1 aromatic rings. The topological polar surface area (TPSA) is 20.2 Å². The zero-order valence-corrected chi connectivity index (χ0v) is 9.25. The molecule has 0 spiro atoms. The van der Waals surface area contributed by atoms with E-state index in [0.717, 1.165) is 11.4 Å². The number of aliphatic hydroxyl groups is 1. The molecule has 0 heterocycles. The van der Waals surface area contributed by atoms with Crippen molar-refractivity contribution in [1.82, 2.24) is 0 Å². The van der Waals surface area contributed by atoms with Crippen LogP contribution in [0.25, 0.3) is 0 Å². The molecule has 14 heavy (non-hydrogen) atoms. The lowest BCUT2D eigenvalue weighted by atomic mass is 9.89. The third kappa shape index (κ3) is 1.55. The molecule has 2 atom stereocenters. The monoisotopic (exact) mass is 210 g/mol. The van der Waals surface area contributed by atoms with Crippen LogP contribution in [0.4, 0.5) is 0 Å². The molecule has 2 heteroatoms. The number of halogens is 1. The Morgan fingerprint density at radius 1 is 1.43 bits per heavy atom. The molecule has 0 unspecified atom stereocenters. The molecule has 1 aliphatic carbocycles. The van der Waals surface area contributed by atoms with Gasteiger partial charge in [-0.05, 0) is 35.6 Å². The first-order valence-electron chi connectivity index (χ1n) is 5.06. The fourth-order valence-corrected chi connectivity index (χ4v) is 2.63. The van der Waals surface area contributed by atoms with Gasteiger partial charge in [-0.1, -0.05) is 31.5 Å². The van der Waals surface area contributed by atoms with Crippen LogP contribution in [0.2, 0.25) is 5.02 Å². The molecule has 1 aromatic carbocycles.